The normalized spacial score (nSPS) is 30.8. The SMILES string of the molecule is C[C@@]1(CO)S[C@@H]2CC(=O)N2[C@H]1C(=O)OCc1ccccc1. The van der Waals surface area contributed by atoms with Gasteiger partial charge in [-0.1, -0.05) is 30.3 Å². The Bertz CT molecular complexity index is 564. The summed E-state index contributed by atoms with van der Waals surface area (Å²) in [5.74, 6) is -0.496. The maximum atomic E-state index is 12.4. The van der Waals surface area contributed by atoms with Gasteiger partial charge in [0.1, 0.15) is 12.6 Å². The van der Waals surface area contributed by atoms with Gasteiger partial charge in [0.15, 0.2) is 0 Å². The topological polar surface area (TPSA) is 66.8 Å². The maximum absolute atomic E-state index is 12.4. The Kier molecular flexibility index (Phi) is 3.67. The molecular weight excluding hydrogens is 290 g/mol. The molecule has 0 aliphatic carbocycles. The van der Waals surface area contributed by atoms with E-state index in [1.165, 1.54) is 11.8 Å². The van der Waals surface area contributed by atoms with Gasteiger partial charge in [0.05, 0.1) is 23.1 Å². The van der Waals surface area contributed by atoms with Crippen LogP contribution in [0.5, 0.6) is 0 Å². The molecule has 6 heteroatoms. The monoisotopic (exact) mass is 307 g/mol. The van der Waals surface area contributed by atoms with E-state index in [2.05, 4.69) is 0 Å². The number of amides is 1. The first-order valence-electron chi connectivity index (χ1n) is 6.85. The largest absolute Gasteiger partial charge is 0.459 e. The molecule has 1 amide bonds. The molecule has 1 N–H and O–H groups in total. The van der Waals surface area contributed by atoms with Crippen LogP contribution in [0.4, 0.5) is 0 Å². The summed E-state index contributed by atoms with van der Waals surface area (Å²) in [7, 11) is 0. The molecule has 2 saturated heterocycles. The second kappa shape index (κ2) is 5.35. The number of aliphatic hydroxyl groups is 1. The predicted molar refractivity (Wildman–Crippen MR) is 78.4 cm³/mol. The van der Waals surface area contributed by atoms with Crippen LogP contribution in [0.25, 0.3) is 0 Å². The molecular formula is C15H17NO4S. The highest BCUT2D eigenvalue weighted by Gasteiger charge is 2.60. The van der Waals surface area contributed by atoms with Gasteiger partial charge in [-0.05, 0) is 12.5 Å². The van der Waals surface area contributed by atoms with E-state index in [0.29, 0.717) is 6.42 Å². The molecule has 0 aromatic heterocycles. The average molecular weight is 307 g/mol. The van der Waals surface area contributed by atoms with Crippen LogP contribution in [0.1, 0.15) is 18.9 Å². The third-order valence-corrected chi connectivity index (χ3v) is 5.53. The summed E-state index contributed by atoms with van der Waals surface area (Å²) in [6, 6.07) is 8.69. The van der Waals surface area contributed by atoms with Crippen molar-refractivity contribution in [2.45, 2.75) is 36.1 Å². The number of thioether (sulfide) groups is 1. The summed E-state index contributed by atoms with van der Waals surface area (Å²) in [4.78, 5) is 25.7. The second-order valence-corrected chi connectivity index (χ2v) is 7.26. The van der Waals surface area contributed by atoms with Gasteiger partial charge in [0.2, 0.25) is 5.91 Å². The Morgan fingerprint density at radius 1 is 1.48 bits per heavy atom. The lowest BCUT2D eigenvalue weighted by Crippen LogP contribution is -2.58. The van der Waals surface area contributed by atoms with Crippen LogP contribution >= 0.6 is 11.8 Å². The molecule has 1 aromatic rings. The molecule has 0 bridgehead atoms. The van der Waals surface area contributed by atoms with E-state index in [4.69, 9.17) is 4.74 Å². The van der Waals surface area contributed by atoms with E-state index < -0.39 is 16.8 Å². The van der Waals surface area contributed by atoms with E-state index >= 15 is 0 Å². The molecule has 21 heavy (non-hydrogen) atoms. The van der Waals surface area contributed by atoms with Gasteiger partial charge in [-0.15, -0.1) is 11.8 Å². The van der Waals surface area contributed by atoms with E-state index in [-0.39, 0.29) is 24.5 Å². The number of benzene rings is 1. The zero-order chi connectivity index (χ0) is 15.0. The Balaban J connectivity index is 1.71. The highest BCUT2D eigenvalue weighted by molar-refractivity contribution is 8.01. The summed E-state index contributed by atoms with van der Waals surface area (Å²) in [5, 5.41) is 9.60. The van der Waals surface area contributed by atoms with Crippen molar-refractivity contribution >= 4 is 23.6 Å². The highest BCUT2D eigenvalue weighted by atomic mass is 32.2. The molecule has 5 nitrogen and oxygen atoms in total. The molecule has 2 aliphatic rings. The van der Waals surface area contributed by atoms with Gasteiger partial charge in [-0.2, -0.15) is 0 Å². The number of aliphatic hydroxyl groups excluding tert-OH is 1. The summed E-state index contributed by atoms with van der Waals surface area (Å²) < 4.78 is 4.66. The summed E-state index contributed by atoms with van der Waals surface area (Å²) in [5.41, 5.74) is 0.897. The predicted octanol–water partition coefficient (Wildman–Crippen LogP) is 1.15. The smallest absolute Gasteiger partial charge is 0.330 e. The highest BCUT2D eigenvalue weighted by Crippen LogP contribution is 2.50. The zero-order valence-corrected chi connectivity index (χ0v) is 12.5. The van der Waals surface area contributed by atoms with Gasteiger partial charge < -0.3 is 14.7 Å². The Labute approximate surface area is 127 Å². The Morgan fingerprint density at radius 2 is 2.19 bits per heavy atom. The summed E-state index contributed by atoms with van der Waals surface area (Å²) in [6.45, 7) is 1.82. The van der Waals surface area contributed by atoms with Gasteiger partial charge in [0, 0.05) is 0 Å². The third kappa shape index (κ3) is 2.42. The number of carbonyl (C=O) groups excluding carboxylic acids is 2. The second-order valence-electron chi connectivity index (χ2n) is 5.54. The number of hydrogen-bond donors (Lipinski definition) is 1. The first-order chi connectivity index (χ1) is 10.0. The van der Waals surface area contributed by atoms with Crippen molar-refractivity contribution in [2.24, 2.45) is 0 Å². The van der Waals surface area contributed by atoms with Crippen LogP contribution in [0, 0.1) is 0 Å². The lowest BCUT2D eigenvalue weighted by molar-refractivity contribution is -0.162. The molecule has 1 aromatic carbocycles. The van der Waals surface area contributed by atoms with Crippen LogP contribution in [-0.2, 0) is 20.9 Å². The van der Waals surface area contributed by atoms with Crippen molar-refractivity contribution in [1.82, 2.24) is 4.90 Å². The van der Waals surface area contributed by atoms with Crippen molar-refractivity contribution in [2.75, 3.05) is 6.61 Å². The molecule has 2 fully saturated rings. The molecule has 0 spiro atoms. The van der Waals surface area contributed by atoms with Gasteiger partial charge in [-0.25, -0.2) is 4.79 Å². The van der Waals surface area contributed by atoms with Gasteiger partial charge in [-0.3, -0.25) is 4.79 Å². The van der Waals surface area contributed by atoms with Crippen molar-refractivity contribution in [3.05, 3.63) is 35.9 Å². The third-order valence-electron chi connectivity index (χ3n) is 3.97. The zero-order valence-electron chi connectivity index (χ0n) is 11.7. The van der Waals surface area contributed by atoms with E-state index in [9.17, 15) is 14.7 Å². The summed E-state index contributed by atoms with van der Waals surface area (Å²) >= 11 is 1.48. The van der Waals surface area contributed by atoms with Crippen LogP contribution in [0.15, 0.2) is 30.3 Å². The van der Waals surface area contributed by atoms with Gasteiger partial charge >= 0.3 is 5.97 Å². The van der Waals surface area contributed by atoms with Crippen molar-refractivity contribution in [3.8, 4) is 0 Å². The number of carbonyl (C=O) groups is 2. The quantitative estimate of drug-likeness (QED) is 0.668. The average Bonchev–Trinajstić information content (AvgIpc) is 2.74. The number of fused-ring (bicyclic) bond motifs is 1. The summed E-state index contributed by atoms with van der Waals surface area (Å²) in [6.07, 6.45) is 0.433. The maximum Gasteiger partial charge on any atom is 0.330 e. The number of esters is 1. The fraction of sp³-hybridized carbons (Fsp3) is 0.467. The van der Waals surface area contributed by atoms with Gasteiger partial charge in [0.25, 0.3) is 0 Å². The molecule has 3 rings (SSSR count). The standard InChI is InChI=1S/C15H17NO4S/c1-15(9-17)13(16-11(18)7-12(16)21-15)14(19)20-8-10-5-3-2-4-6-10/h2-6,12-13,17H,7-9H2,1H3/t12-,13+,15+/m1/s1. The lowest BCUT2D eigenvalue weighted by Gasteiger charge is -2.37. The van der Waals surface area contributed by atoms with E-state index in [1.807, 2.05) is 30.3 Å². The first kappa shape index (κ1) is 14.4. The van der Waals surface area contributed by atoms with Crippen LogP contribution in [0.2, 0.25) is 0 Å². The molecule has 2 heterocycles. The van der Waals surface area contributed by atoms with E-state index in [0.717, 1.165) is 5.56 Å². The minimum atomic E-state index is -0.706. The first-order valence-corrected chi connectivity index (χ1v) is 7.73. The minimum Gasteiger partial charge on any atom is -0.459 e. The molecule has 112 valence electrons. The minimum absolute atomic E-state index is 0.0103. The molecule has 0 unspecified atom stereocenters. The number of nitrogens with zero attached hydrogens (tertiary/aromatic N) is 1. The van der Waals surface area contributed by atoms with Crippen LogP contribution in [0.3, 0.4) is 0 Å². The number of ether oxygens (including phenoxy) is 1. The van der Waals surface area contributed by atoms with Crippen LogP contribution < -0.4 is 0 Å². The van der Waals surface area contributed by atoms with Crippen molar-refractivity contribution < 1.29 is 19.4 Å². The molecule has 0 saturated carbocycles. The van der Waals surface area contributed by atoms with Crippen molar-refractivity contribution in [3.63, 3.8) is 0 Å². The fourth-order valence-corrected chi connectivity index (χ4v) is 4.39. The number of hydrogen-bond acceptors (Lipinski definition) is 5. The van der Waals surface area contributed by atoms with Crippen molar-refractivity contribution in [1.29, 1.82) is 0 Å². The number of rotatable bonds is 4. The lowest BCUT2D eigenvalue weighted by atomic mass is 9.97. The molecule has 2 aliphatic heterocycles. The molecule has 3 atom stereocenters. The number of β-lactam (4-membered cyclic amide) rings is 1. The van der Waals surface area contributed by atoms with Crippen LogP contribution in [-0.4, -0.2) is 44.7 Å². The fourth-order valence-electron chi connectivity index (χ4n) is 2.77. The van der Waals surface area contributed by atoms with E-state index in [1.54, 1.807) is 11.8 Å². The Hall–Kier alpha value is -1.53. The molecule has 0 radical (unpaired) electrons. The Morgan fingerprint density at radius 3 is 2.81 bits per heavy atom.